The van der Waals surface area contributed by atoms with Crippen molar-refractivity contribution in [2.75, 3.05) is 7.11 Å². The Kier molecular flexibility index (Phi) is 2.29. The Morgan fingerprint density at radius 2 is 1.88 bits per heavy atom. The second-order valence-corrected chi connectivity index (χ2v) is 3.81. The summed E-state index contributed by atoms with van der Waals surface area (Å²) in [4.78, 5) is 7.27. The number of aromatic nitrogens is 2. The first kappa shape index (κ1) is 9.90. The van der Waals surface area contributed by atoms with Crippen LogP contribution in [0, 0.1) is 0 Å². The van der Waals surface area contributed by atoms with Gasteiger partial charge in [-0.05, 0) is 10.8 Å². The van der Waals surface area contributed by atoms with Gasteiger partial charge in [0.2, 0.25) is 5.88 Å². The lowest BCUT2D eigenvalue weighted by atomic mass is 10.0. The van der Waals surface area contributed by atoms with Crippen molar-refractivity contribution < 1.29 is 4.74 Å². The number of aromatic amines is 1. The van der Waals surface area contributed by atoms with E-state index in [1.807, 2.05) is 18.2 Å². The number of hydrogen-bond donors (Lipinski definition) is 1. The van der Waals surface area contributed by atoms with Crippen LogP contribution in [-0.4, -0.2) is 17.1 Å². The summed E-state index contributed by atoms with van der Waals surface area (Å²) in [7, 11) is 1.63. The molecule has 84 valence electrons. The first-order valence-electron chi connectivity index (χ1n) is 5.45. The van der Waals surface area contributed by atoms with Crippen LogP contribution in [0.15, 0.2) is 48.8 Å². The third kappa shape index (κ3) is 1.56. The molecule has 0 radical (unpaired) electrons. The summed E-state index contributed by atoms with van der Waals surface area (Å²) >= 11 is 0. The van der Waals surface area contributed by atoms with Crippen LogP contribution in [0.1, 0.15) is 0 Å². The van der Waals surface area contributed by atoms with Crippen molar-refractivity contribution >= 4 is 10.8 Å². The number of methoxy groups -OCH3 is 1. The molecule has 3 aromatic rings. The van der Waals surface area contributed by atoms with Gasteiger partial charge in [0.1, 0.15) is 5.69 Å². The van der Waals surface area contributed by atoms with Crippen molar-refractivity contribution in [3.8, 4) is 17.1 Å². The van der Waals surface area contributed by atoms with E-state index in [-0.39, 0.29) is 0 Å². The molecular formula is C14H12N2O. The Bertz CT molecular complexity index is 653. The quantitative estimate of drug-likeness (QED) is 0.725. The zero-order valence-corrected chi connectivity index (χ0v) is 9.47. The van der Waals surface area contributed by atoms with Gasteiger partial charge in [-0.3, -0.25) is 0 Å². The Morgan fingerprint density at radius 1 is 1.06 bits per heavy atom. The Morgan fingerprint density at radius 3 is 2.76 bits per heavy atom. The number of rotatable bonds is 2. The second kappa shape index (κ2) is 3.94. The number of ether oxygens (including phenoxy) is 1. The predicted molar refractivity (Wildman–Crippen MR) is 68.1 cm³/mol. The van der Waals surface area contributed by atoms with Gasteiger partial charge in [-0.15, -0.1) is 0 Å². The number of benzene rings is 2. The maximum atomic E-state index is 5.25. The SMILES string of the molecule is COc1nc[nH]c1-c1cccc2ccccc12. The van der Waals surface area contributed by atoms with Crippen LogP contribution in [0.4, 0.5) is 0 Å². The van der Waals surface area contributed by atoms with Gasteiger partial charge in [0.05, 0.1) is 13.4 Å². The molecule has 1 heterocycles. The molecule has 0 aliphatic carbocycles. The molecule has 3 nitrogen and oxygen atoms in total. The number of nitrogens with one attached hydrogen (secondary N) is 1. The number of nitrogens with zero attached hydrogens (tertiary/aromatic N) is 1. The summed E-state index contributed by atoms with van der Waals surface area (Å²) in [6, 6.07) is 14.5. The maximum Gasteiger partial charge on any atom is 0.239 e. The van der Waals surface area contributed by atoms with Crippen LogP contribution in [0.2, 0.25) is 0 Å². The minimum atomic E-state index is 0.626. The third-order valence-electron chi connectivity index (χ3n) is 2.86. The molecule has 0 aliphatic rings. The van der Waals surface area contributed by atoms with E-state index in [9.17, 15) is 0 Å². The summed E-state index contributed by atoms with van der Waals surface area (Å²) in [6.07, 6.45) is 1.65. The highest BCUT2D eigenvalue weighted by Gasteiger charge is 2.10. The van der Waals surface area contributed by atoms with Crippen molar-refractivity contribution in [2.24, 2.45) is 0 Å². The third-order valence-corrected chi connectivity index (χ3v) is 2.86. The van der Waals surface area contributed by atoms with E-state index in [1.165, 1.54) is 10.8 Å². The van der Waals surface area contributed by atoms with Gasteiger partial charge >= 0.3 is 0 Å². The lowest BCUT2D eigenvalue weighted by Crippen LogP contribution is -1.87. The van der Waals surface area contributed by atoms with Gasteiger partial charge < -0.3 is 9.72 Å². The molecular weight excluding hydrogens is 212 g/mol. The van der Waals surface area contributed by atoms with Gasteiger partial charge in [0.25, 0.3) is 0 Å². The molecule has 0 fully saturated rings. The normalized spacial score (nSPS) is 10.6. The molecule has 0 saturated heterocycles. The average Bonchev–Trinajstić information content (AvgIpc) is 2.86. The fourth-order valence-electron chi connectivity index (χ4n) is 2.07. The molecule has 0 amide bonds. The molecule has 3 heteroatoms. The Balaban J connectivity index is 2.31. The van der Waals surface area contributed by atoms with Crippen molar-refractivity contribution in [1.29, 1.82) is 0 Å². The number of H-pyrrole nitrogens is 1. The monoisotopic (exact) mass is 224 g/mol. The summed E-state index contributed by atoms with van der Waals surface area (Å²) in [5, 5.41) is 2.40. The van der Waals surface area contributed by atoms with E-state index in [0.717, 1.165) is 11.3 Å². The molecule has 0 atom stereocenters. The zero-order valence-electron chi connectivity index (χ0n) is 9.47. The van der Waals surface area contributed by atoms with Crippen LogP contribution in [0.5, 0.6) is 5.88 Å². The van der Waals surface area contributed by atoms with E-state index in [1.54, 1.807) is 13.4 Å². The lowest BCUT2D eigenvalue weighted by Gasteiger charge is -2.06. The lowest BCUT2D eigenvalue weighted by molar-refractivity contribution is 0.402. The molecule has 1 aromatic heterocycles. The summed E-state index contributed by atoms with van der Waals surface area (Å²) < 4.78 is 5.25. The minimum Gasteiger partial charge on any atom is -0.479 e. The molecule has 0 aliphatic heterocycles. The Hall–Kier alpha value is -2.29. The van der Waals surface area contributed by atoms with Crippen molar-refractivity contribution in [1.82, 2.24) is 9.97 Å². The van der Waals surface area contributed by atoms with Gasteiger partial charge in [-0.2, -0.15) is 0 Å². The van der Waals surface area contributed by atoms with Crippen molar-refractivity contribution in [3.05, 3.63) is 48.8 Å². The van der Waals surface area contributed by atoms with Gasteiger partial charge in [0, 0.05) is 5.56 Å². The van der Waals surface area contributed by atoms with Crippen molar-refractivity contribution in [3.63, 3.8) is 0 Å². The second-order valence-electron chi connectivity index (χ2n) is 3.81. The van der Waals surface area contributed by atoms with Gasteiger partial charge in [0.15, 0.2) is 0 Å². The summed E-state index contributed by atoms with van der Waals surface area (Å²) in [5.74, 6) is 0.626. The highest BCUT2D eigenvalue weighted by molar-refractivity contribution is 5.96. The Labute approximate surface area is 99.1 Å². The first-order chi connectivity index (χ1) is 8.40. The van der Waals surface area contributed by atoms with Crippen LogP contribution in [-0.2, 0) is 0 Å². The summed E-state index contributed by atoms with van der Waals surface area (Å²) in [5.41, 5.74) is 2.03. The molecule has 1 N–H and O–H groups in total. The molecule has 0 spiro atoms. The number of fused-ring (bicyclic) bond motifs is 1. The van der Waals surface area contributed by atoms with Gasteiger partial charge in [-0.1, -0.05) is 42.5 Å². The molecule has 0 bridgehead atoms. The fourth-order valence-corrected chi connectivity index (χ4v) is 2.07. The van der Waals surface area contributed by atoms with E-state index in [0.29, 0.717) is 5.88 Å². The molecule has 17 heavy (non-hydrogen) atoms. The standard InChI is InChI=1S/C14H12N2O/c1-17-14-13(15-9-16-14)12-8-4-6-10-5-2-3-7-11(10)12/h2-9H,1H3,(H,15,16). The summed E-state index contributed by atoms with van der Waals surface area (Å²) in [6.45, 7) is 0. The first-order valence-corrected chi connectivity index (χ1v) is 5.45. The van der Waals surface area contributed by atoms with E-state index >= 15 is 0 Å². The minimum absolute atomic E-state index is 0.626. The van der Waals surface area contributed by atoms with Crippen LogP contribution < -0.4 is 4.74 Å². The smallest absolute Gasteiger partial charge is 0.239 e. The van der Waals surface area contributed by atoms with E-state index in [4.69, 9.17) is 4.74 Å². The van der Waals surface area contributed by atoms with Crippen LogP contribution >= 0.6 is 0 Å². The van der Waals surface area contributed by atoms with Gasteiger partial charge in [-0.25, -0.2) is 4.98 Å². The highest BCUT2D eigenvalue weighted by Crippen LogP contribution is 2.31. The molecule has 0 saturated carbocycles. The number of hydrogen-bond acceptors (Lipinski definition) is 2. The molecule has 3 rings (SSSR count). The van der Waals surface area contributed by atoms with E-state index in [2.05, 4.69) is 34.2 Å². The molecule has 0 unspecified atom stereocenters. The highest BCUT2D eigenvalue weighted by atomic mass is 16.5. The zero-order chi connectivity index (χ0) is 11.7. The topological polar surface area (TPSA) is 37.9 Å². The van der Waals surface area contributed by atoms with Crippen LogP contribution in [0.25, 0.3) is 22.0 Å². The van der Waals surface area contributed by atoms with Crippen LogP contribution in [0.3, 0.4) is 0 Å². The molecule has 2 aromatic carbocycles. The average molecular weight is 224 g/mol. The van der Waals surface area contributed by atoms with Crippen molar-refractivity contribution in [2.45, 2.75) is 0 Å². The van der Waals surface area contributed by atoms with E-state index < -0.39 is 0 Å². The number of imidazole rings is 1. The largest absolute Gasteiger partial charge is 0.479 e. The predicted octanol–water partition coefficient (Wildman–Crippen LogP) is 3.24. The fraction of sp³-hybridized carbons (Fsp3) is 0.0714. The maximum absolute atomic E-state index is 5.25.